The molecular weight excluding hydrogens is 949 g/mol. The third-order valence-corrected chi connectivity index (χ3v) is 13.8. The van der Waals surface area contributed by atoms with Gasteiger partial charge in [-0.25, -0.2) is 0 Å². The third kappa shape index (κ3) is 32.3. The quantitative estimate of drug-likeness (QED) is 0.0171. The summed E-state index contributed by atoms with van der Waals surface area (Å²) < 4.78 is 33.6. The molecule has 0 aromatic carbocycles. The van der Waals surface area contributed by atoms with Gasteiger partial charge < -0.3 is 64.2 Å². The fourth-order valence-electron chi connectivity index (χ4n) is 8.97. The lowest BCUT2D eigenvalue weighted by atomic mass is 9.98. The average Bonchev–Trinajstić information content (AvgIpc) is 3.39. The van der Waals surface area contributed by atoms with Crippen molar-refractivity contribution in [3.63, 3.8) is 0 Å². The van der Waals surface area contributed by atoms with Crippen LogP contribution in [0.15, 0.2) is 48.6 Å². The van der Waals surface area contributed by atoms with E-state index in [0.29, 0.717) is 19.3 Å². The molecule has 0 bridgehead atoms. The smallest absolute Gasteiger partial charge is 0.306 e. The van der Waals surface area contributed by atoms with Gasteiger partial charge >= 0.3 is 11.9 Å². The highest BCUT2D eigenvalue weighted by molar-refractivity contribution is 5.70. The van der Waals surface area contributed by atoms with Gasteiger partial charge in [0.1, 0.15) is 55.4 Å². The van der Waals surface area contributed by atoms with Crippen molar-refractivity contribution in [3.05, 3.63) is 48.6 Å². The lowest BCUT2D eigenvalue weighted by Crippen LogP contribution is -2.61. The summed E-state index contributed by atoms with van der Waals surface area (Å²) in [6.45, 7) is 2.53. The molecule has 0 aromatic rings. The molecule has 11 atom stereocenters. The molecule has 2 fully saturated rings. The van der Waals surface area contributed by atoms with Crippen molar-refractivity contribution in [3.8, 4) is 0 Å². The van der Waals surface area contributed by atoms with Gasteiger partial charge in [0.05, 0.1) is 19.8 Å². The molecule has 4 unspecified atom stereocenters. The van der Waals surface area contributed by atoms with Crippen molar-refractivity contribution < 1.29 is 73.8 Å². The summed E-state index contributed by atoms with van der Waals surface area (Å²) in [5.41, 5.74) is 0. The number of aliphatic hydroxyl groups is 7. The Hall–Kier alpha value is -2.54. The molecule has 0 saturated carbocycles. The van der Waals surface area contributed by atoms with Gasteiger partial charge in [0.15, 0.2) is 18.7 Å². The number of hydrogen-bond donors (Lipinski definition) is 7. The minimum atomic E-state index is -1.78. The van der Waals surface area contributed by atoms with Crippen molar-refractivity contribution in [2.75, 3.05) is 26.4 Å². The summed E-state index contributed by atoms with van der Waals surface area (Å²) in [7, 11) is 0. The van der Waals surface area contributed by atoms with E-state index in [1.54, 1.807) is 0 Å². The summed E-state index contributed by atoms with van der Waals surface area (Å²) >= 11 is 0. The second-order valence-electron chi connectivity index (χ2n) is 20.5. The zero-order valence-electron chi connectivity index (χ0n) is 45.8. The Morgan fingerprint density at radius 3 is 1.35 bits per heavy atom. The fourth-order valence-corrected chi connectivity index (χ4v) is 8.97. The maximum absolute atomic E-state index is 13.0. The monoisotopic (exact) mass is 1050 g/mol. The van der Waals surface area contributed by atoms with Crippen LogP contribution in [0.2, 0.25) is 0 Å². The molecule has 0 radical (unpaired) electrons. The van der Waals surface area contributed by atoms with Crippen LogP contribution >= 0.6 is 0 Å². The molecule has 15 nitrogen and oxygen atoms in total. The van der Waals surface area contributed by atoms with Crippen LogP contribution in [0.25, 0.3) is 0 Å². The van der Waals surface area contributed by atoms with Gasteiger partial charge in [0.25, 0.3) is 0 Å². The molecule has 2 heterocycles. The minimum absolute atomic E-state index is 0.114. The summed E-state index contributed by atoms with van der Waals surface area (Å²) in [5, 5.41) is 72.2. The first kappa shape index (κ1) is 67.6. The summed E-state index contributed by atoms with van der Waals surface area (Å²) in [6.07, 6.45) is 35.9. The number of hydrogen-bond acceptors (Lipinski definition) is 15. The zero-order valence-corrected chi connectivity index (χ0v) is 45.8. The number of carbonyl (C=O) groups excluding carboxylic acids is 2. The summed E-state index contributed by atoms with van der Waals surface area (Å²) in [5.74, 6) is -1.01. The van der Waals surface area contributed by atoms with E-state index in [1.807, 2.05) is 0 Å². The highest BCUT2D eigenvalue weighted by Gasteiger charge is 2.47. The predicted octanol–water partition coefficient (Wildman–Crippen LogP) is 9.83. The molecule has 2 aliphatic rings. The van der Waals surface area contributed by atoms with Gasteiger partial charge in [0.2, 0.25) is 0 Å². The molecule has 0 amide bonds. The van der Waals surface area contributed by atoms with E-state index >= 15 is 0 Å². The van der Waals surface area contributed by atoms with Crippen molar-refractivity contribution in [1.29, 1.82) is 0 Å². The van der Waals surface area contributed by atoms with E-state index in [1.165, 1.54) is 128 Å². The topological polar surface area (TPSA) is 231 Å². The fraction of sp³-hybridized carbons (Fsp3) is 0.831. The molecule has 0 aromatic heterocycles. The Labute approximate surface area is 446 Å². The zero-order chi connectivity index (χ0) is 53.9. The van der Waals surface area contributed by atoms with E-state index in [4.69, 9.17) is 28.4 Å². The van der Waals surface area contributed by atoms with Gasteiger partial charge in [0, 0.05) is 12.8 Å². The van der Waals surface area contributed by atoms with Crippen LogP contribution in [-0.4, -0.2) is 142 Å². The van der Waals surface area contributed by atoms with E-state index in [9.17, 15) is 45.3 Å². The molecule has 74 heavy (non-hydrogen) atoms. The summed E-state index contributed by atoms with van der Waals surface area (Å²) in [4.78, 5) is 25.8. The number of rotatable bonds is 46. The Morgan fingerprint density at radius 1 is 0.432 bits per heavy atom. The Morgan fingerprint density at radius 2 is 0.838 bits per heavy atom. The number of ether oxygens (including phenoxy) is 6. The van der Waals surface area contributed by atoms with Gasteiger partial charge in [-0.05, 0) is 77.0 Å². The maximum Gasteiger partial charge on any atom is 0.306 e. The second-order valence-corrected chi connectivity index (χ2v) is 20.5. The second kappa shape index (κ2) is 45.5. The number of unbranched alkanes of at least 4 members (excludes halogenated alkanes) is 24. The van der Waals surface area contributed by atoms with Crippen LogP contribution in [0.4, 0.5) is 0 Å². The molecular formula is C59H104O15. The van der Waals surface area contributed by atoms with Gasteiger partial charge in [-0.1, -0.05) is 178 Å². The SMILES string of the molecule is CCCCCCCC/C=C/C/C=C/CCCCC(=O)O[C@@H](COC(=O)CCC/C=C/CC/C=C/CCCCCCCCCCCCCCCC)CO[C@@H]1O[C@H](CO[C@@H]2O[C@H](CO)[C@H](O)C(O)C2O)[C@H](O)C(O)C1O. The first-order valence-corrected chi connectivity index (χ1v) is 29.2. The van der Waals surface area contributed by atoms with Crippen LogP contribution < -0.4 is 0 Å². The van der Waals surface area contributed by atoms with Crippen LogP contribution in [0, 0.1) is 0 Å². The van der Waals surface area contributed by atoms with Crippen molar-refractivity contribution in [2.45, 2.75) is 287 Å². The van der Waals surface area contributed by atoms with E-state index < -0.39 is 99.3 Å². The molecule has 0 spiro atoms. The normalized spacial score (nSPS) is 25.0. The maximum atomic E-state index is 13.0. The molecule has 2 saturated heterocycles. The van der Waals surface area contributed by atoms with Crippen LogP contribution in [-0.2, 0) is 38.0 Å². The first-order chi connectivity index (χ1) is 36.0. The van der Waals surface area contributed by atoms with E-state index in [0.717, 1.165) is 44.9 Å². The highest BCUT2D eigenvalue weighted by atomic mass is 16.7. The highest BCUT2D eigenvalue weighted by Crippen LogP contribution is 2.27. The standard InChI is InChI=1S/C59H104O15/c1-3-5-7-9-11-13-15-17-19-20-21-22-23-24-25-26-28-29-31-33-35-37-39-41-50(61)69-44-47(72-51(62)42-40-38-36-34-32-30-27-18-16-14-12-10-8-6-4-2)45-70-58-57(68)55(66)53(64)49(74-58)46-71-59-56(67)54(65)52(63)48(43-60)73-59/h18,26-28,32-35,47-49,52-60,63-68H,3-17,19-25,29-31,36-46H2,1-2H3/b27-18+,28-26+,34-32+,35-33+/t47-,48+,49+,52-,53-,54?,55?,56?,57?,58+,59+/m0/s1. The van der Waals surface area contributed by atoms with Crippen LogP contribution in [0.5, 0.6) is 0 Å². The Kier molecular flexibility index (Phi) is 41.5. The lowest BCUT2D eigenvalue weighted by Gasteiger charge is -2.42. The molecule has 0 aliphatic carbocycles. The molecule has 15 heteroatoms. The minimum Gasteiger partial charge on any atom is -0.462 e. The number of esters is 2. The van der Waals surface area contributed by atoms with Crippen LogP contribution in [0.3, 0.4) is 0 Å². The predicted molar refractivity (Wildman–Crippen MR) is 289 cm³/mol. The molecule has 2 rings (SSSR count). The number of aliphatic hydroxyl groups excluding tert-OH is 7. The van der Waals surface area contributed by atoms with Crippen LogP contribution in [0.1, 0.15) is 219 Å². The Balaban J connectivity index is 1.76. The average molecular weight is 1050 g/mol. The van der Waals surface area contributed by atoms with Gasteiger partial charge in [-0.3, -0.25) is 9.59 Å². The van der Waals surface area contributed by atoms with Crippen molar-refractivity contribution in [1.82, 2.24) is 0 Å². The lowest BCUT2D eigenvalue weighted by molar-refractivity contribution is -0.332. The Bertz CT molecular complexity index is 1470. The number of carbonyl (C=O) groups is 2. The van der Waals surface area contributed by atoms with E-state index in [-0.39, 0.29) is 19.4 Å². The third-order valence-electron chi connectivity index (χ3n) is 13.8. The van der Waals surface area contributed by atoms with Crippen molar-refractivity contribution >= 4 is 11.9 Å². The number of allylic oxidation sites excluding steroid dienone is 8. The summed E-state index contributed by atoms with van der Waals surface area (Å²) in [6, 6.07) is 0. The van der Waals surface area contributed by atoms with E-state index in [2.05, 4.69) is 62.5 Å². The van der Waals surface area contributed by atoms with Gasteiger partial charge in [-0.15, -0.1) is 0 Å². The first-order valence-electron chi connectivity index (χ1n) is 29.2. The molecule has 2 aliphatic heterocycles. The largest absolute Gasteiger partial charge is 0.462 e. The van der Waals surface area contributed by atoms with Gasteiger partial charge in [-0.2, -0.15) is 0 Å². The molecule has 7 N–H and O–H groups in total. The van der Waals surface area contributed by atoms with Crippen molar-refractivity contribution in [2.24, 2.45) is 0 Å². The molecule has 430 valence electrons.